The van der Waals surface area contributed by atoms with Gasteiger partial charge in [0.1, 0.15) is 23.9 Å². The minimum atomic E-state index is -0.320. The Morgan fingerprint density at radius 2 is 2.07 bits per heavy atom. The van der Waals surface area contributed by atoms with Crippen LogP contribution in [-0.2, 0) is 6.61 Å². The van der Waals surface area contributed by atoms with Crippen LogP contribution in [0.5, 0.6) is 0 Å². The molecule has 0 aliphatic rings. The molecule has 0 unspecified atom stereocenters. The second kappa shape index (κ2) is 3.87. The number of halogens is 1. The van der Waals surface area contributed by atoms with Crippen LogP contribution in [0.25, 0.3) is 11.3 Å². The van der Waals surface area contributed by atoms with Crippen molar-refractivity contribution in [1.82, 2.24) is 0 Å². The molecule has 0 saturated carbocycles. The van der Waals surface area contributed by atoms with Crippen LogP contribution in [0.4, 0.5) is 4.39 Å². The van der Waals surface area contributed by atoms with Gasteiger partial charge in [0, 0.05) is 0 Å². The molecule has 1 aromatic carbocycles. The molecule has 0 aliphatic heterocycles. The van der Waals surface area contributed by atoms with Crippen LogP contribution in [0.3, 0.4) is 0 Å². The van der Waals surface area contributed by atoms with Gasteiger partial charge in [0.25, 0.3) is 0 Å². The summed E-state index contributed by atoms with van der Waals surface area (Å²) in [7, 11) is 0. The van der Waals surface area contributed by atoms with Gasteiger partial charge in [0.15, 0.2) is 0 Å². The van der Waals surface area contributed by atoms with Crippen molar-refractivity contribution >= 4 is 0 Å². The number of aliphatic hydroxyl groups excluding tert-OH is 1. The Morgan fingerprint density at radius 1 is 1.27 bits per heavy atom. The first-order chi connectivity index (χ1) is 7.20. The molecule has 0 bridgehead atoms. The van der Waals surface area contributed by atoms with E-state index in [4.69, 9.17) is 9.52 Å². The fourth-order valence-electron chi connectivity index (χ4n) is 1.44. The van der Waals surface area contributed by atoms with Crippen LogP contribution in [0.2, 0.25) is 0 Å². The summed E-state index contributed by atoms with van der Waals surface area (Å²) < 4.78 is 18.7. The maximum absolute atomic E-state index is 13.4. The molecule has 78 valence electrons. The van der Waals surface area contributed by atoms with Gasteiger partial charge in [-0.25, -0.2) is 4.39 Å². The van der Waals surface area contributed by atoms with E-state index < -0.39 is 0 Å². The lowest BCUT2D eigenvalue weighted by molar-refractivity contribution is 0.248. The van der Waals surface area contributed by atoms with Gasteiger partial charge in [-0.05, 0) is 31.2 Å². The van der Waals surface area contributed by atoms with Crippen LogP contribution in [0.15, 0.2) is 34.7 Å². The third-order valence-electron chi connectivity index (χ3n) is 2.20. The van der Waals surface area contributed by atoms with Crippen molar-refractivity contribution < 1.29 is 13.9 Å². The summed E-state index contributed by atoms with van der Waals surface area (Å²) in [6.45, 7) is 1.71. The highest BCUT2D eigenvalue weighted by Gasteiger charge is 2.09. The van der Waals surface area contributed by atoms with Crippen LogP contribution >= 0.6 is 0 Å². The monoisotopic (exact) mass is 206 g/mol. The van der Waals surface area contributed by atoms with Crippen LogP contribution in [0.1, 0.15) is 11.3 Å². The third kappa shape index (κ3) is 1.92. The number of hydrogen-bond donors (Lipinski definition) is 1. The lowest BCUT2D eigenvalue weighted by Gasteiger charge is -2.00. The molecule has 2 rings (SSSR count). The predicted molar refractivity (Wildman–Crippen MR) is 54.8 cm³/mol. The second-order valence-electron chi connectivity index (χ2n) is 3.41. The molecule has 3 heteroatoms. The largest absolute Gasteiger partial charge is 0.459 e. The zero-order valence-electron chi connectivity index (χ0n) is 8.33. The molecule has 0 saturated heterocycles. The van der Waals surface area contributed by atoms with Crippen molar-refractivity contribution in [2.24, 2.45) is 0 Å². The van der Waals surface area contributed by atoms with E-state index in [0.29, 0.717) is 17.1 Å². The van der Waals surface area contributed by atoms with Crippen molar-refractivity contribution in [3.8, 4) is 11.3 Å². The molecule has 2 nitrogen and oxygen atoms in total. The second-order valence-corrected chi connectivity index (χ2v) is 3.41. The van der Waals surface area contributed by atoms with Gasteiger partial charge in [-0.15, -0.1) is 0 Å². The van der Waals surface area contributed by atoms with Crippen molar-refractivity contribution in [2.75, 3.05) is 0 Å². The van der Waals surface area contributed by atoms with Crippen LogP contribution in [0, 0.1) is 12.7 Å². The Hall–Kier alpha value is -1.61. The van der Waals surface area contributed by atoms with Gasteiger partial charge < -0.3 is 9.52 Å². The molecule has 2 aromatic rings. The van der Waals surface area contributed by atoms with Gasteiger partial charge in [-0.2, -0.15) is 0 Å². The average molecular weight is 206 g/mol. The maximum atomic E-state index is 13.4. The quantitative estimate of drug-likeness (QED) is 0.819. The van der Waals surface area contributed by atoms with Crippen molar-refractivity contribution in [2.45, 2.75) is 13.5 Å². The molecular formula is C12H11FO2. The van der Waals surface area contributed by atoms with Gasteiger partial charge in [-0.1, -0.05) is 11.6 Å². The maximum Gasteiger partial charge on any atom is 0.137 e. The number of rotatable bonds is 2. The molecule has 1 N–H and O–H groups in total. The fraction of sp³-hybridized carbons (Fsp3) is 0.167. The molecule has 0 amide bonds. The van der Waals surface area contributed by atoms with E-state index >= 15 is 0 Å². The van der Waals surface area contributed by atoms with Crippen molar-refractivity contribution in [3.63, 3.8) is 0 Å². The van der Waals surface area contributed by atoms with Crippen LogP contribution < -0.4 is 0 Å². The van der Waals surface area contributed by atoms with Gasteiger partial charge >= 0.3 is 0 Å². The normalized spacial score (nSPS) is 10.6. The van der Waals surface area contributed by atoms with Crippen molar-refractivity contribution in [3.05, 3.63) is 47.5 Å². The highest BCUT2D eigenvalue weighted by molar-refractivity contribution is 5.59. The predicted octanol–water partition coefficient (Wildman–Crippen LogP) is 2.89. The minimum absolute atomic E-state index is 0.173. The SMILES string of the molecule is Cc1ccc(F)c(-c2ccc(CO)o2)c1. The lowest BCUT2D eigenvalue weighted by atomic mass is 10.1. The standard InChI is InChI=1S/C12H11FO2/c1-8-2-4-11(13)10(6-8)12-5-3-9(7-14)15-12/h2-6,14H,7H2,1H3. The fourth-order valence-corrected chi connectivity index (χ4v) is 1.44. The highest BCUT2D eigenvalue weighted by Crippen LogP contribution is 2.25. The lowest BCUT2D eigenvalue weighted by Crippen LogP contribution is -1.83. The Kier molecular flexibility index (Phi) is 2.56. The van der Waals surface area contributed by atoms with E-state index in [1.165, 1.54) is 6.07 Å². The van der Waals surface area contributed by atoms with E-state index in [-0.39, 0.29) is 12.4 Å². The topological polar surface area (TPSA) is 33.4 Å². The van der Waals surface area contributed by atoms with Gasteiger partial charge in [-0.3, -0.25) is 0 Å². The summed E-state index contributed by atoms with van der Waals surface area (Å²) in [5, 5.41) is 8.83. The summed E-state index contributed by atoms with van der Waals surface area (Å²) in [6.07, 6.45) is 0. The number of aryl methyl sites for hydroxylation is 1. The minimum Gasteiger partial charge on any atom is -0.459 e. The Bertz CT molecular complexity index is 474. The summed E-state index contributed by atoms with van der Waals surface area (Å²) in [4.78, 5) is 0. The van der Waals surface area contributed by atoms with E-state index in [1.807, 2.05) is 6.92 Å². The molecule has 0 radical (unpaired) electrons. The van der Waals surface area contributed by atoms with Crippen molar-refractivity contribution in [1.29, 1.82) is 0 Å². The van der Waals surface area contributed by atoms with E-state index in [2.05, 4.69) is 0 Å². The molecule has 1 aromatic heterocycles. The number of furan rings is 1. The smallest absolute Gasteiger partial charge is 0.137 e. The summed E-state index contributed by atoms with van der Waals surface area (Å²) in [5.74, 6) is 0.561. The summed E-state index contributed by atoms with van der Waals surface area (Å²) >= 11 is 0. The van der Waals surface area contributed by atoms with E-state index in [0.717, 1.165) is 5.56 Å². The summed E-state index contributed by atoms with van der Waals surface area (Å²) in [6, 6.07) is 8.12. The highest BCUT2D eigenvalue weighted by atomic mass is 19.1. The molecule has 15 heavy (non-hydrogen) atoms. The van der Waals surface area contributed by atoms with Gasteiger partial charge in [0.2, 0.25) is 0 Å². The van der Waals surface area contributed by atoms with E-state index in [1.54, 1.807) is 24.3 Å². The number of aliphatic hydroxyl groups is 1. The molecule has 0 aliphatic carbocycles. The first-order valence-corrected chi connectivity index (χ1v) is 4.67. The molecule has 0 atom stereocenters. The molecule has 1 heterocycles. The third-order valence-corrected chi connectivity index (χ3v) is 2.20. The molecule has 0 fully saturated rings. The average Bonchev–Trinajstić information content (AvgIpc) is 2.70. The number of hydrogen-bond acceptors (Lipinski definition) is 2. The Labute approximate surface area is 87.0 Å². The molecule has 0 spiro atoms. The number of benzene rings is 1. The first kappa shape index (κ1) is 9.93. The molecular weight excluding hydrogens is 195 g/mol. The zero-order valence-corrected chi connectivity index (χ0v) is 8.33. The van der Waals surface area contributed by atoms with Gasteiger partial charge in [0.05, 0.1) is 5.56 Å². The van der Waals surface area contributed by atoms with Crippen LogP contribution in [-0.4, -0.2) is 5.11 Å². The first-order valence-electron chi connectivity index (χ1n) is 4.67. The summed E-state index contributed by atoms with van der Waals surface area (Å²) in [5.41, 5.74) is 1.39. The Balaban J connectivity index is 2.48. The van der Waals surface area contributed by atoms with E-state index in [9.17, 15) is 4.39 Å². The zero-order chi connectivity index (χ0) is 10.8. The Morgan fingerprint density at radius 3 is 2.73 bits per heavy atom.